The lowest BCUT2D eigenvalue weighted by Gasteiger charge is -2.13. The molecule has 0 fully saturated rings. The summed E-state index contributed by atoms with van der Waals surface area (Å²) in [7, 11) is 0. The Bertz CT molecular complexity index is 934. The van der Waals surface area contributed by atoms with Gasteiger partial charge in [0, 0.05) is 36.0 Å². The number of hydrogen-bond acceptors (Lipinski definition) is 3. The number of carbonyl (C=O) groups excluding carboxylic acids is 1. The molecule has 6 heteroatoms. The van der Waals surface area contributed by atoms with E-state index in [4.69, 9.17) is 4.74 Å². The van der Waals surface area contributed by atoms with Crippen LogP contribution >= 0.6 is 0 Å². The van der Waals surface area contributed by atoms with Gasteiger partial charge in [-0.2, -0.15) is 0 Å². The van der Waals surface area contributed by atoms with Crippen molar-refractivity contribution in [2.45, 2.75) is 32.4 Å². The van der Waals surface area contributed by atoms with E-state index in [0.29, 0.717) is 6.61 Å². The van der Waals surface area contributed by atoms with Crippen molar-refractivity contribution in [2.75, 3.05) is 0 Å². The van der Waals surface area contributed by atoms with E-state index in [1.165, 1.54) is 0 Å². The molecule has 0 saturated carbocycles. The first-order valence-corrected chi connectivity index (χ1v) is 8.85. The lowest BCUT2D eigenvalue weighted by atomic mass is 10.0. The molecule has 6 nitrogen and oxygen atoms in total. The van der Waals surface area contributed by atoms with Crippen LogP contribution < -0.4 is 10.1 Å². The van der Waals surface area contributed by atoms with Crippen molar-refractivity contribution in [2.24, 2.45) is 0 Å². The van der Waals surface area contributed by atoms with Crippen molar-refractivity contribution in [1.82, 2.24) is 10.3 Å². The van der Waals surface area contributed by atoms with Gasteiger partial charge in [0.1, 0.15) is 18.4 Å². The lowest BCUT2D eigenvalue weighted by molar-refractivity contribution is -0.141. The van der Waals surface area contributed by atoms with Crippen LogP contribution in [0.5, 0.6) is 5.75 Å². The third kappa shape index (κ3) is 4.67. The van der Waals surface area contributed by atoms with E-state index >= 15 is 0 Å². The Hall–Kier alpha value is -3.28. The molecule has 140 valence electrons. The molecule has 3 aromatic rings. The van der Waals surface area contributed by atoms with Gasteiger partial charge in [0.2, 0.25) is 5.91 Å². The fourth-order valence-electron chi connectivity index (χ4n) is 2.88. The highest BCUT2D eigenvalue weighted by atomic mass is 16.5. The number of benzene rings is 2. The van der Waals surface area contributed by atoms with Crippen molar-refractivity contribution in [3.8, 4) is 5.75 Å². The molecular weight excluding hydrogens is 344 g/mol. The molecule has 1 heterocycles. The van der Waals surface area contributed by atoms with Gasteiger partial charge in [0.15, 0.2) is 0 Å². The minimum atomic E-state index is -1.05. The Morgan fingerprint density at radius 1 is 1.19 bits per heavy atom. The predicted molar refractivity (Wildman–Crippen MR) is 103 cm³/mol. The van der Waals surface area contributed by atoms with Crippen molar-refractivity contribution in [3.05, 3.63) is 65.9 Å². The second-order valence-electron chi connectivity index (χ2n) is 6.31. The first-order valence-electron chi connectivity index (χ1n) is 8.85. The molecule has 0 spiro atoms. The maximum Gasteiger partial charge on any atom is 0.326 e. The average Bonchev–Trinajstić information content (AvgIpc) is 3.08. The van der Waals surface area contributed by atoms with Crippen LogP contribution in [0.4, 0.5) is 0 Å². The molecule has 3 rings (SSSR count). The number of fused-ring (bicyclic) bond motifs is 1. The second kappa shape index (κ2) is 8.40. The third-order valence-electron chi connectivity index (χ3n) is 4.37. The Balaban J connectivity index is 1.72. The molecule has 0 aliphatic rings. The number of aromatic amines is 1. The van der Waals surface area contributed by atoms with Gasteiger partial charge in [-0.1, -0.05) is 37.3 Å². The largest absolute Gasteiger partial charge is 0.489 e. The van der Waals surface area contributed by atoms with Crippen molar-refractivity contribution < 1.29 is 19.4 Å². The summed E-state index contributed by atoms with van der Waals surface area (Å²) in [6.45, 7) is 2.17. The molecule has 2 aromatic carbocycles. The number of carboxylic acids is 1. The Labute approximate surface area is 157 Å². The van der Waals surface area contributed by atoms with E-state index in [0.717, 1.165) is 27.8 Å². The van der Waals surface area contributed by atoms with Crippen LogP contribution in [0.3, 0.4) is 0 Å². The number of aliphatic carboxylic acids is 1. The number of amides is 1. The summed E-state index contributed by atoms with van der Waals surface area (Å²) in [6.07, 6.45) is 2.24. The van der Waals surface area contributed by atoms with E-state index < -0.39 is 12.0 Å². The van der Waals surface area contributed by atoms with Gasteiger partial charge in [-0.3, -0.25) is 4.79 Å². The first-order chi connectivity index (χ1) is 13.1. The van der Waals surface area contributed by atoms with Crippen molar-refractivity contribution >= 4 is 22.8 Å². The van der Waals surface area contributed by atoms with E-state index in [-0.39, 0.29) is 18.7 Å². The molecule has 1 atom stereocenters. The smallest absolute Gasteiger partial charge is 0.326 e. The number of aromatic nitrogens is 1. The van der Waals surface area contributed by atoms with Gasteiger partial charge < -0.3 is 20.1 Å². The van der Waals surface area contributed by atoms with Crippen LogP contribution in [0, 0.1) is 0 Å². The SMILES string of the molecule is CCC(=O)NC(Cc1c[nH]c2cc(OCc3ccccc3)ccc12)C(=O)O. The zero-order valence-electron chi connectivity index (χ0n) is 15.1. The van der Waals surface area contributed by atoms with E-state index in [1.54, 1.807) is 13.1 Å². The fourth-order valence-corrected chi connectivity index (χ4v) is 2.88. The summed E-state index contributed by atoms with van der Waals surface area (Å²) in [4.78, 5) is 26.1. The van der Waals surface area contributed by atoms with Crippen molar-refractivity contribution in [1.29, 1.82) is 0 Å². The van der Waals surface area contributed by atoms with Crippen LogP contribution in [-0.2, 0) is 22.6 Å². The maximum absolute atomic E-state index is 11.6. The molecule has 1 aromatic heterocycles. The molecular formula is C21H22N2O4. The van der Waals surface area contributed by atoms with Crippen LogP contribution in [0.2, 0.25) is 0 Å². The fraction of sp³-hybridized carbons (Fsp3) is 0.238. The summed E-state index contributed by atoms with van der Waals surface area (Å²) in [5.41, 5.74) is 2.78. The van der Waals surface area contributed by atoms with Crippen LogP contribution in [0.1, 0.15) is 24.5 Å². The Morgan fingerprint density at radius 3 is 2.67 bits per heavy atom. The topological polar surface area (TPSA) is 91.4 Å². The summed E-state index contributed by atoms with van der Waals surface area (Å²) in [6, 6.07) is 14.6. The van der Waals surface area contributed by atoms with Gasteiger partial charge in [0.05, 0.1) is 0 Å². The first kappa shape index (κ1) is 18.5. The molecule has 0 bridgehead atoms. The summed E-state index contributed by atoms with van der Waals surface area (Å²) < 4.78 is 5.82. The predicted octanol–water partition coefficient (Wildman–Crippen LogP) is 3.27. The Morgan fingerprint density at radius 2 is 1.96 bits per heavy atom. The lowest BCUT2D eigenvalue weighted by Crippen LogP contribution is -2.41. The van der Waals surface area contributed by atoms with Crippen molar-refractivity contribution in [3.63, 3.8) is 0 Å². The number of nitrogens with one attached hydrogen (secondary N) is 2. The normalized spacial score (nSPS) is 11.9. The van der Waals surface area contributed by atoms with Crippen LogP contribution in [-0.4, -0.2) is 28.0 Å². The van der Waals surface area contributed by atoms with Gasteiger partial charge in [-0.15, -0.1) is 0 Å². The van der Waals surface area contributed by atoms with Gasteiger partial charge in [0.25, 0.3) is 0 Å². The highest BCUT2D eigenvalue weighted by Crippen LogP contribution is 2.25. The maximum atomic E-state index is 11.6. The highest BCUT2D eigenvalue weighted by molar-refractivity contribution is 5.87. The standard InChI is InChI=1S/C21H22N2O4/c1-2-20(24)23-19(21(25)26)10-15-12-22-18-11-16(8-9-17(15)18)27-13-14-6-4-3-5-7-14/h3-9,11-12,19,22H,2,10,13H2,1H3,(H,23,24)(H,25,26). The molecule has 1 amide bonds. The number of rotatable bonds is 8. The van der Waals surface area contributed by atoms with E-state index in [1.807, 2.05) is 48.5 Å². The molecule has 0 radical (unpaired) electrons. The molecule has 1 unspecified atom stereocenters. The highest BCUT2D eigenvalue weighted by Gasteiger charge is 2.21. The third-order valence-corrected chi connectivity index (χ3v) is 4.37. The molecule has 0 aliphatic heterocycles. The number of carbonyl (C=O) groups is 2. The van der Waals surface area contributed by atoms with Gasteiger partial charge >= 0.3 is 5.97 Å². The van der Waals surface area contributed by atoms with Crippen LogP contribution in [0.15, 0.2) is 54.7 Å². The average molecular weight is 366 g/mol. The number of H-pyrrole nitrogens is 1. The van der Waals surface area contributed by atoms with E-state index in [2.05, 4.69) is 10.3 Å². The van der Waals surface area contributed by atoms with E-state index in [9.17, 15) is 14.7 Å². The zero-order valence-corrected chi connectivity index (χ0v) is 15.1. The van der Waals surface area contributed by atoms with Gasteiger partial charge in [-0.05, 0) is 23.3 Å². The molecule has 0 saturated heterocycles. The monoisotopic (exact) mass is 366 g/mol. The molecule has 3 N–H and O–H groups in total. The Kier molecular flexibility index (Phi) is 5.76. The number of carboxylic acid groups (broad SMARTS) is 1. The number of ether oxygens (including phenoxy) is 1. The summed E-state index contributed by atoms with van der Waals surface area (Å²) in [5.74, 6) is -0.596. The van der Waals surface area contributed by atoms with Gasteiger partial charge in [-0.25, -0.2) is 4.79 Å². The number of hydrogen-bond donors (Lipinski definition) is 3. The van der Waals surface area contributed by atoms with Crippen LogP contribution in [0.25, 0.3) is 10.9 Å². The quantitative estimate of drug-likeness (QED) is 0.571. The summed E-state index contributed by atoms with van der Waals surface area (Å²) >= 11 is 0. The summed E-state index contributed by atoms with van der Waals surface area (Å²) in [5, 5.41) is 12.8. The molecule has 0 aliphatic carbocycles. The zero-order chi connectivity index (χ0) is 19.2. The minimum Gasteiger partial charge on any atom is -0.489 e. The minimum absolute atomic E-state index is 0.214. The second-order valence-corrected chi connectivity index (χ2v) is 6.31. The molecule has 27 heavy (non-hydrogen) atoms.